The van der Waals surface area contributed by atoms with Crippen LogP contribution in [-0.2, 0) is 0 Å². The molecule has 1 fully saturated rings. The van der Waals surface area contributed by atoms with Crippen LogP contribution in [0.3, 0.4) is 0 Å². The summed E-state index contributed by atoms with van der Waals surface area (Å²) in [5.74, 6) is 0.325. The van der Waals surface area contributed by atoms with E-state index in [1.807, 2.05) is 0 Å². The predicted molar refractivity (Wildman–Crippen MR) is 36.0 cm³/mol. The zero-order chi connectivity index (χ0) is 6.69. The summed E-state index contributed by atoms with van der Waals surface area (Å²) in [4.78, 5) is 0. The molecule has 0 radical (unpaired) electrons. The van der Waals surface area contributed by atoms with Crippen LogP contribution in [-0.4, -0.2) is 30.8 Å². The molecule has 1 aliphatic rings. The quantitative estimate of drug-likeness (QED) is 0.423. The molecule has 1 heterocycles. The van der Waals surface area contributed by atoms with Gasteiger partial charge in [-0.3, -0.25) is 0 Å². The Morgan fingerprint density at radius 3 is 2.89 bits per heavy atom. The Morgan fingerprint density at radius 1 is 1.67 bits per heavy atom. The molecule has 0 aromatic carbocycles. The fourth-order valence-electron chi connectivity index (χ4n) is 1.16. The van der Waals surface area contributed by atoms with Gasteiger partial charge in [-0.25, -0.2) is 0 Å². The number of hydrogen-bond donors (Lipinski definition) is 3. The maximum absolute atomic E-state index is 8.75. The van der Waals surface area contributed by atoms with Crippen LogP contribution in [0, 0.1) is 5.92 Å². The van der Waals surface area contributed by atoms with Gasteiger partial charge in [0.15, 0.2) is 0 Å². The maximum Gasteiger partial charge on any atom is 0.0475 e. The van der Waals surface area contributed by atoms with E-state index >= 15 is 0 Å². The molecular weight excluding hydrogens is 116 g/mol. The molecule has 0 aliphatic carbocycles. The van der Waals surface area contributed by atoms with Crippen molar-refractivity contribution in [2.75, 3.05) is 19.7 Å². The van der Waals surface area contributed by atoms with E-state index < -0.39 is 0 Å². The molecule has 9 heavy (non-hydrogen) atoms. The Bertz CT molecular complexity index is 87.1. The molecule has 1 aliphatic heterocycles. The molecular formula is C6H14N2O. The summed E-state index contributed by atoms with van der Waals surface area (Å²) >= 11 is 0. The van der Waals surface area contributed by atoms with E-state index in [0.717, 1.165) is 19.5 Å². The van der Waals surface area contributed by atoms with Crippen LogP contribution in [0.25, 0.3) is 0 Å². The average Bonchev–Trinajstić information content (AvgIpc) is 1.89. The Hall–Kier alpha value is -0.120. The number of rotatable bonds is 1. The smallest absolute Gasteiger partial charge is 0.0475 e. The SMILES string of the molecule is N[C@H]1CNCC[C@@H]1CO. The van der Waals surface area contributed by atoms with Gasteiger partial charge in [0.1, 0.15) is 0 Å². The largest absolute Gasteiger partial charge is 0.396 e. The van der Waals surface area contributed by atoms with Gasteiger partial charge in [0.2, 0.25) is 0 Å². The molecule has 0 unspecified atom stereocenters. The monoisotopic (exact) mass is 130 g/mol. The van der Waals surface area contributed by atoms with Gasteiger partial charge in [0.05, 0.1) is 0 Å². The predicted octanol–water partition coefficient (Wildman–Crippen LogP) is -1.08. The summed E-state index contributed by atoms with van der Waals surface area (Å²) in [6, 6.07) is 0.156. The summed E-state index contributed by atoms with van der Waals surface area (Å²) < 4.78 is 0. The number of nitrogens with one attached hydrogen (secondary N) is 1. The topological polar surface area (TPSA) is 58.3 Å². The Morgan fingerprint density at radius 2 is 2.44 bits per heavy atom. The van der Waals surface area contributed by atoms with Gasteiger partial charge in [-0.15, -0.1) is 0 Å². The molecule has 1 rings (SSSR count). The van der Waals surface area contributed by atoms with Crippen molar-refractivity contribution in [2.45, 2.75) is 12.5 Å². The minimum atomic E-state index is 0.156. The molecule has 3 heteroatoms. The minimum Gasteiger partial charge on any atom is -0.396 e. The van der Waals surface area contributed by atoms with Gasteiger partial charge < -0.3 is 16.2 Å². The normalized spacial score (nSPS) is 36.7. The number of nitrogens with two attached hydrogens (primary N) is 1. The third-order valence-electron chi connectivity index (χ3n) is 1.91. The van der Waals surface area contributed by atoms with Crippen molar-refractivity contribution in [1.82, 2.24) is 5.32 Å². The number of aliphatic hydroxyl groups is 1. The lowest BCUT2D eigenvalue weighted by Crippen LogP contribution is -2.47. The lowest BCUT2D eigenvalue weighted by Gasteiger charge is -2.27. The highest BCUT2D eigenvalue weighted by Crippen LogP contribution is 2.08. The molecule has 2 atom stereocenters. The molecule has 3 nitrogen and oxygen atoms in total. The highest BCUT2D eigenvalue weighted by atomic mass is 16.3. The fourth-order valence-corrected chi connectivity index (χ4v) is 1.16. The summed E-state index contributed by atoms with van der Waals surface area (Å²) in [6.45, 7) is 2.09. The number of aliphatic hydroxyl groups excluding tert-OH is 1. The third-order valence-corrected chi connectivity index (χ3v) is 1.91. The van der Waals surface area contributed by atoms with Crippen LogP contribution < -0.4 is 11.1 Å². The number of piperidine rings is 1. The van der Waals surface area contributed by atoms with Crippen LogP contribution in [0.5, 0.6) is 0 Å². The maximum atomic E-state index is 8.75. The average molecular weight is 130 g/mol. The first-order valence-corrected chi connectivity index (χ1v) is 3.41. The van der Waals surface area contributed by atoms with Crippen molar-refractivity contribution in [1.29, 1.82) is 0 Å². The highest BCUT2D eigenvalue weighted by Gasteiger charge is 2.19. The highest BCUT2D eigenvalue weighted by molar-refractivity contribution is 4.79. The van der Waals surface area contributed by atoms with Crippen molar-refractivity contribution in [3.63, 3.8) is 0 Å². The molecule has 0 spiro atoms. The zero-order valence-corrected chi connectivity index (χ0v) is 5.51. The zero-order valence-electron chi connectivity index (χ0n) is 5.51. The Balaban J connectivity index is 2.30. The van der Waals surface area contributed by atoms with E-state index in [1.54, 1.807) is 0 Å². The molecule has 0 bridgehead atoms. The molecule has 0 saturated carbocycles. The molecule has 1 saturated heterocycles. The second-order valence-corrected chi connectivity index (χ2v) is 2.60. The first-order chi connectivity index (χ1) is 4.34. The number of hydrogen-bond acceptors (Lipinski definition) is 3. The van der Waals surface area contributed by atoms with Gasteiger partial charge in [-0.1, -0.05) is 0 Å². The summed E-state index contributed by atoms with van der Waals surface area (Å²) in [5, 5.41) is 11.9. The van der Waals surface area contributed by atoms with Crippen molar-refractivity contribution < 1.29 is 5.11 Å². The lowest BCUT2D eigenvalue weighted by molar-refractivity contribution is 0.178. The molecule has 54 valence electrons. The van der Waals surface area contributed by atoms with Gasteiger partial charge in [0.25, 0.3) is 0 Å². The third kappa shape index (κ3) is 1.64. The van der Waals surface area contributed by atoms with Crippen LogP contribution >= 0.6 is 0 Å². The summed E-state index contributed by atoms with van der Waals surface area (Å²) in [5.41, 5.74) is 5.67. The van der Waals surface area contributed by atoms with Gasteiger partial charge in [0, 0.05) is 19.2 Å². The lowest BCUT2D eigenvalue weighted by atomic mass is 9.95. The Kier molecular flexibility index (Phi) is 2.45. The molecule has 0 aromatic heterocycles. The second kappa shape index (κ2) is 3.15. The van der Waals surface area contributed by atoms with E-state index in [0.29, 0.717) is 5.92 Å². The second-order valence-electron chi connectivity index (χ2n) is 2.60. The van der Waals surface area contributed by atoms with Gasteiger partial charge in [-0.2, -0.15) is 0 Å². The summed E-state index contributed by atoms with van der Waals surface area (Å²) in [7, 11) is 0. The van der Waals surface area contributed by atoms with Crippen LogP contribution in [0.2, 0.25) is 0 Å². The van der Waals surface area contributed by atoms with E-state index in [9.17, 15) is 0 Å². The van der Waals surface area contributed by atoms with E-state index in [4.69, 9.17) is 10.8 Å². The van der Waals surface area contributed by atoms with E-state index in [1.165, 1.54) is 0 Å². The van der Waals surface area contributed by atoms with Crippen molar-refractivity contribution in [2.24, 2.45) is 11.7 Å². The standard InChI is InChI=1S/C6H14N2O/c7-6-3-8-2-1-5(6)4-9/h5-6,8-9H,1-4,7H2/t5-,6+/m1/s1. The van der Waals surface area contributed by atoms with Gasteiger partial charge in [-0.05, 0) is 18.9 Å². The first-order valence-electron chi connectivity index (χ1n) is 3.41. The van der Waals surface area contributed by atoms with Crippen LogP contribution in [0.1, 0.15) is 6.42 Å². The molecule has 0 amide bonds. The minimum absolute atomic E-state index is 0.156. The molecule has 0 aromatic rings. The summed E-state index contributed by atoms with van der Waals surface area (Å²) in [6.07, 6.45) is 1.01. The van der Waals surface area contributed by atoms with Crippen LogP contribution in [0.4, 0.5) is 0 Å². The van der Waals surface area contributed by atoms with E-state index in [2.05, 4.69) is 5.32 Å². The fraction of sp³-hybridized carbons (Fsp3) is 1.00. The first kappa shape index (κ1) is 6.99. The van der Waals surface area contributed by atoms with Gasteiger partial charge >= 0.3 is 0 Å². The van der Waals surface area contributed by atoms with Crippen molar-refractivity contribution >= 4 is 0 Å². The Labute approximate surface area is 55.2 Å². The molecule has 4 N–H and O–H groups in total. The van der Waals surface area contributed by atoms with Crippen LogP contribution in [0.15, 0.2) is 0 Å². The van der Waals surface area contributed by atoms with E-state index in [-0.39, 0.29) is 12.6 Å². The van der Waals surface area contributed by atoms with Crippen molar-refractivity contribution in [3.8, 4) is 0 Å². The van der Waals surface area contributed by atoms with Crippen molar-refractivity contribution in [3.05, 3.63) is 0 Å².